The Hall–Kier alpha value is -2.62. The molecule has 0 aliphatic heterocycles. The van der Waals surface area contributed by atoms with Crippen molar-refractivity contribution >= 4 is 17.8 Å². The van der Waals surface area contributed by atoms with Gasteiger partial charge in [0, 0.05) is 5.69 Å². The molecule has 114 valence electrons. The van der Waals surface area contributed by atoms with Gasteiger partial charge in [0.2, 0.25) is 0 Å². The predicted octanol–water partition coefficient (Wildman–Crippen LogP) is 3.17. The molecule has 2 N–H and O–H groups in total. The van der Waals surface area contributed by atoms with Crippen LogP contribution in [-0.4, -0.2) is 18.7 Å². The molecule has 0 radical (unpaired) electrons. The monoisotopic (exact) mass is 295 g/mol. The van der Waals surface area contributed by atoms with E-state index in [1.54, 1.807) is 6.21 Å². The summed E-state index contributed by atoms with van der Waals surface area (Å²) in [5.74, 6) is -0.177. The molecule has 4 heteroatoms. The van der Waals surface area contributed by atoms with Crippen molar-refractivity contribution < 1.29 is 4.79 Å². The molecule has 0 bridgehead atoms. The third-order valence-electron chi connectivity index (χ3n) is 3.30. The summed E-state index contributed by atoms with van der Waals surface area (Å²) in [5.41, 5.74) is 7.95. The molecule has 1 amide bonds. The molecule has 0 saturated heterocycles. The molecule has 22 heavy (non-hydrogen) atoms. The summed E-state index contributed by atoms with van der Waals surface area (Å²) < 4.78 is 0. The average molecular weight is 295 g/mol. The lowest BCUT2D eigenvalue weighted by atomic mass is 10.1. The lowest BCUT2D eigenvalue weighted by Crippen LogP contribution is -2.26. The summed E-state index contributed by atoms with van der Waals surface area (Å²) in [6.45, 7) is 6.28. The number of anilines is 1. The first kappa shape index (κ1) is 15.8. The van der Waals surface area contributed by atoms with Gasteiger partial charge in [0.25, 0.3) is 5.91 Å². The first-order chi connectivity index (χ1) is 10.5. The smallest absolute Gasteiger partial charge is 0.259 e. The number of rotatable bonds is 5. The van der Waals surface area contributed by atoms with E-state index in [1.807, 2.05) is 57.2 Å². The Morgan fingerprint density at radius 2 is 1.73 bits per heavy atom. The quantitative estimate of drug-likeness (QED) is 0.657. The van der Waals surface area contributed by atoms with Crippen molar-refractivity contribution in [2.24, 2.45) is 5.10 Å². The number of carbonyl (C=O) groups is 1. The predicted molar refractivity (Wildman–Crippen MR) is 91.3 cm³/mol. The number of carbonyl (C=O) groups excluding carboxylic acids is 1. The second kappa shape index (κ2) is 7.41. The summed E-state index contributed by atoms with van der Waals surface area (Å²) in [7, 11) is 0. The molecule has 2 aromatic rings. The molecule has 2 aromatic carbocycles. The molecule has 0 aliphatic carbocycles. The van der Waals surface area contributed by atoms with Gasteiger partial charge in [0.05, 0.1) is 12.8 Å². The topological polar surface area (TPSA) is 53.5 Å². The van der Waals surface area contributed by atoms with Gasteiger partial charge in [-0.25, -0.2) is 5.43 Å². The summed E-state index contributed by atoms with van der Waals surface area (Å²) in [6.07, 6.45) is 1.63. The number of amides is 1. The van der Waals surface area contributed by atoms with E-state index >= 15 is 0 Å². The highest BCUT2D eigenvalue weighted by Crippen LogP contribution is 2.15. The van der Waals surface area contributed by atoms with Crippen molar-refractivity contribution in [3.05, 3.63) is 64.7 Å². The summed E-state index contributed by atoms with van der Waals surface area (Å²) >= 11 is 0. The van der Waals surface area contributed by atoms with Gasteiger partial charge in [-0.2, -0.15) is 5.10 Å². The largest absolute Gasteiger partial charge is 0.376 e. The fraction of sp³-hybridized carbons (Fsp3) is 0.222. The highest BCUT2D eigenvalue weighted by molar-refractivity contribution is 5.84. The van der Waals surface area contributed by atoms with Crippen LogP contribution in [0.4, 0.5) is 5.69 Å². The van der Waals surface area contributed by atoms with Gasteiger partial charge in [-0.15, -0.1) is 0 Å². The van der Waals surface area contributed by atoms with E-state index in [9.17, 15) is 4.79 Å². The molecule has 0 aromatic heterocycles. The first-order valence-corrected chi connectivity index (χ1v) is 7.24. The Kier molecular flexibility index (Phi) is 5.31. The van der Waals surface area contributed by atoms with Crippen LogP contribution in [0.25, 0.3) is 0 Å². The van der Waals surface area contributed by atoms with Crippen molar-refractivity contribution in [1.29, 1.82) is 0 Å². The Morgan fingerprint density at radius 1 is 1.05 bits per heavy atom. The van der Waals surface area contributed by atoms with E-state index in [1.165, 1.54) is 11.1 Å². The van der Waals surface area contributed by atoms with Gasteiger partial charge in [-0.1, -0.05) is 47.5 Å². The Balaban J connectivity index is 1.81. The molecule has 0 saturated carbocycles. The number of nitrogens with one attached hydrogen (secondary N) is 2. The third-order valence-corrected chi connectivity index (χ3v) is 3.30. The Bertz CT molecular complexity index is 675. The number of hydrazone groups is 1. The zero-order valence-electron chi connectivity index (χ0n) is 13.2. The Morgan fingerprint density at radius 3 is 2.41 bits per heavy atom. The minimum absolute atomic E-state index is 0.177. The molecule has 0 spiro atoms. The van der Waals surface area contributed by atoms with Gasteiger partial charge in [0.1, 0.15) is 0 Å². The second-order valence-electron chi connectivity index (χ2n) is 5.38. The maximum atomic E-state index is 11.8. The minimum Gasteiger partial charge on any atom is -0.376 e. The minimum atomic E-state index is -0.177. The van der Waals surface area contributed by atoms with Crippen LogP contribution >= 0.6 is 0 Å². The summed E-state index contributed by atoms with van der Waals surface area (Å²) in [5, 5.41) is 7.07. The van der Waals surface area contributed by atoms with Crippen molar-refractivity contribution in [1.82, 2.24) is 5.43 Å². The molecule has 0 atom stereocenters. The number of benzene rings is 2. The van der Waals surface area contributed by atoms with Crippen LogP contribution in [0.3, 0.4) is 0 Å². The number of hydrogen-bond donors (Lipinski definition) is 2. The van der Waals surface area contributed by atoms with Crippen LogP contribution in [0.5, 0.6) is 0 Å². The fourth-order valence-electron chi connectivity index (χ4n) is 2.06. The third kappa shape index (κ3) is 4.74. The van der Waals surface area contributed by atoms with E-state index in [-0.39, 0.29) is 12.5 Å². The van der Waals surface area contributed by atoms with Crippen molar-refractivity contribution in [2.45, 2.75) is 20.8 Å². The standard InChI is InChI=1S/C18H21N3O/c1-13-4-7-16(8-5-13)11-20-21-18(22)12-19-17-9-6-14(2)10-15(17)3/h4-11,19H,12H2,1-3H3,(H,21,22)/b20-11+. The van der Waals surface area contributed by atoms with Crippen molar-refractivity contribution in [3.63, 3.8) is 0 Å². The van der Waals surface area contributed by atoms with Crippen LogP contribution in [-0.2, 0) is 4.79 Å². The number of aryl methyl sites for hydroxylation is 3. The van der Waals surface area contributed by atoms with Crippen molar-refractivity contribution in [2.75, 3.05) is 11.9 Å². The highest BCUT2D eigenvalue weighted by atomic mass is 16.2. The van der Waals surface area contributed by atoms with Crippen molar-refractivity contribution in [3.8, 4) is 0 Å². The molecule has 0 heterocycles. The highest BCUT2D eigenvalue weighted by Gasteiger charge is 2.02. The van der Waals surface area contributed by atoms with Gasteiger partial charge in [-0.05, 0) is 38.0 Å². The molecule has 0 fully saturated rings. The molecule has 0 aliphatic rings. The van der Waals surface area contributed by atoms with Gasteiger partial charge < -0.3 is 5.32 Å². The first-order valence-electron chi connectivity index (χ1n) is 7.24. The van der Waals surface area contributed by atoms with Crippen LogP contribution in [0.1, 0.15) is 22.3 Å². The SMILES string of the molecule is Cc1ccc(/C=N/NC(=O)CNc2ccc(C)cc2C)cc1. The molecule has 0 unspecified atom stereocenters. The fourth-order valence-corrected chi connectivity index (χ4v) is 2.06. The second-order valence-corrected chi connectivity index (χ2v) is 5.38. The van der Waals surface area contributed by atoms with E-state index in [2.05, 4.69) is 21.9 Å². The van der Waals surface area contributed by atoms with Gasteiger partial charge in [-0.3, -0.25) is 4.79 Å². The van der Waals surface area contributed by atoms with Crippen LogP contribution in [0.15, 0.2) is 47.6 Å². The molecular weight excluding hydrogens is 274 g/mol. The maximum Gasteiger partial charge on any atom is 0.259 e. The van der Waals surface area contributed by atoms with Crippen LogP contribution in [0.2, 0.25) is 0 Å². The van der Waals surface area contributed by atoms with Gasteiger partial charge >= 0.3 is 0 Å². The number of nitrogens with zero attached hydrogens (tertiary/aromatic N) is 1. The van der Waals surface area contributed by atoms with Gasteiger partial charge in [0.15, 0.2) is 0 Å². The zero-order valence-corrected chi connectivity index (χ0v) is 13.2. The normalized spacial score (nSPS) is 10.7. The van der Waals surface area contributed by atoms with Crippen LogP contribution in [0, 0.1) is 20.8 Å². The maximum absolute atomic E-state index is 11.8. The lowest BCUT2D eigenvalue weighted by Gasteiger charge is -2.09. The van der Waals surface area contributed by atoms with E-state index in [0.29, 0.717) is 0 Å². The molecule has 2 rings (SSSR count). The van der Waals surface area contributed by atoms with E-state index in [4.69, 9.17) is 0 Å². The Labute approximate surface area is 131 Å². The average Bonchev–Trinajstić information content (AvgIpc) is 2.48. The number of hydrogen-bond acceptors (Lipinski definition) is 3. The lowest BCUT2D eigenvalue weighted by molar-refractivity contribution is -0.119. The molecule has 4 nitrogen and oxygen atoms in total. The van der Waals surface area contributed by atoms with E-state index in [0.717, 1.165) is 16.8 Å². The summed E-state index contributed by atoms with van der Waals surface area (Å²) in [4.78, 5) is 11.8. The van der Waals surface area contributed by atoms with E-state index < -0.39 is 0 Å². The zero-order chi connectivity index (χ0) is 15.9. The molecular formula is C18H21N3O. The van der Waals surface area contributed by atoms with Crippen LogP contribution < -0.4 is 10.7 Å². The summed E-state index contributed by atoms with van der Waals surface area (Å²) in [6, 6.07) is 14.0.